The van der Waals surface area contributed by atoms with Gasteiger partial charge in [0.25, 0.3) is 5.22 Å². The van der Waals surface area contributed by atoms with Crippen molar-refractivity contribution in [1.29, 1.82) is 0 Å². The molecule has 150 valence electrons. The van der Waals surface area contributed by atoms with Gasteiger partial charge in [-0.3, -0.25) is 4.79 Å². The number of carbonyl (C=O) groups is 1. The largest absolute Gasteiger partial charge is 0.454 e. The monoisotopic (exact) mass is 411 g/mol. The van der Waals surface area contributed by atoms with Crippen LogP contribution in [0.2, 0.25) is 0 Å². The minimum atomic E-state index is -0.398. The third-order valence-electron chi connectivity index (χ3n) is 4.52. The van der Waals surface area contributed by atoms with Crippen LogP contribution in [-0.4, -0.2) is 28.1 Å². The summed E-state index contributed by atoms with van der Waals surface area (Å²) in [6.45, 7) is 6.27. The summed E-state index contributed by atoms with van der Waals surface area (Å²) in [6, 6.07) is 13.3. The minimum Gasteiger partial charge on any atom is -0.454 e. The Labute approximate surface area is 172 Å². The molecule has 0 radical (unpaired) electrons. The molecule has 1 aliphatic rings. The van der Waals surface area contributed by atoms with Crippen LogP contribution in [-0.2, 0) is 4.79 Å². The van der Waals surface area contributed by atoms with Crippen molar-refractivity contribution in [1.82, 2.24) is 10.2 Å². The van der Waals surface area contributed by atoms with Gasteiger partial charge < -0.3 is 19.2 Å². The Bertz CT molecular complexity index is 1020. The second-order valence-electron chi connectivity index (χ2n) is 6.97. The fourth-order valence-electron chi connectivity index (χ4n) is 2.80. The standard InChI is InChI=1S/C21H21N3O4S/c1-12(2)14-4-7-16(8-5-14)22-19(25)13(3)29-21-24-23-20(28-21)15-6-9-17-18(10-15)27-11-26-17/h4-10,12-13H,11H2,1-3H3,(H,22,25)/t13-/m0/s1. The molecule has 1 aromatic heterocycles. The lowest BCUT2D eigenvalue weighted by Crippen LogP contribution is -2.22. The molecule has 2 heterocycles. The molecular formula is C21H21N3O4S. The molecule has 8 heteroatoms. The van der Waals surface area contributed by atoms with Gasteiger partial charge in [-0.25, -0.2) is 0 Å². The van der Waals surface area contributed by atoms with Crippen LogP contribution in [0.25, 0.3) is 11.5 Å². The maximum Gasteiger partial charge on any atom is 0.277 e. The van der Waals surface area contributed by atoms with Gasteiger partial charge in [-0.1, -0.05) is 37.7 Å². The second kappa shape index (κ2) is 8.16. The van der Waals surface area contributed by atoms with E-state index in [1.165, 1.54) is 17.3 Å². The van der Waals surface area contributed by atoms with E-state index in [1.54, 1.807) is 19.1 Å². The van der Waals surface area contributed by atoms with Crippen LogP contribution in [0, 0.1) is 0 Å². The van der Waals surface area contributed by atoms with Crippen molar-refractivity contribution < 1.29 is 18.7 Å². The molecule has 0 aliphatic carbocycles. The first-order chi connectivity index (χ1) is 14.0. The first kappa shape index (κ1) is 19.3. The maximum absolute atomic E-state index is 12.5. The number of amides is 1. The summed E-state index contributed by atoms with van der Waals surface area (Å²) in [6.07, 6.45) is 0. The molecule has 3 aromatic rings. The van der Waals surface area contributed by atoms with Crippen molar-refractivity contribution in [2.24, 2.45) is 0 Å². The molecule has 0 spiro atoms. The van der Waals surface area contributed by atoms with Gasteiger partial charge in [0.2, 0.25) is 18.6 Å². The molecule has 0 saturated heterocycles. The number of benzene rings is 2. The molecule has 1 N–H and O–H groups in total. The summed E-state index contributed by atoms with van der Waals surface area (Å²) < 4.78 is 16.4. The van der Waals surface area contributed by atoms with Crippen molar-refractivity contribution in [2.75, 3.05) is 12.1 Å². The predicted molar refractivity (Wildman–Crippen MR) is 110 cm³/mol. The Hall–Kier alpha value is -3.00. The first-order valence-electron chi connectivity index (χ1n) is 9.30. The Kier molecular flexibility index (Phi) is 5.44. The highest BCUT2D eigenvalue weighted by atomic mass is 32.2. The van der Waals surface area contributed by atoms with Crippen LogP contribution >= 0.6 is 11.8 Å². The fraction of sp³-hybridized carbons (Fsp3) is 0.286. The molecule has 0 saturated carbocycles. The Morgan fingerprint density at radius 1 is 1.03 bits per heavy atom. The van der Waals surface area contributed by atoms with E-state index in [1.807, 2.05) is 30.3 Å². The summed E-state index contributed by atoms with van der Waals surface area (Å²) >= 11 is 1.21. The molecule has 0 bridgehead atoms. The molecule has 29 heavy (non-hydrogen) atoms. The van der Waals surface area contributed by atoms with Gasteiger partial charge in [0.15, 0.2) is 11.5 Å². The highest BCUT2D eigenvalue weighted by molar-refractivity contribution is 8.00. The zero-order chi connectivity index (χ0) is 20.4. The number of anilines is 1. The van der Waals surface area contributed by atoms with Crippen LogP contribution in [0.5, 0.6) is 11.5 Å². The summed E-state index contributed by atoms with van der Waals surface area (Å²) in [7, 11) is 0. The highest BCUT2D eigenvalue weighted by Gasteiger charge is 2.20. The first-order valence-corrected chi connectivity index (χ1v) is 10.2. The second-order valence-corrected chi connectivity index (χ2v) is 8.26. The minimum absolute atomic E-state index is 0.130. The van der Waals surface area contributed by atoms with Crippen molar-refractivity contribution in [2.45, 2.75) is 37.2 Å². The van der Waals surface area contributed by atoms with E-state index >= 15 is 0 Å². The van der Waals surface area contributed by atoms with Crippen molar-refractivity contribution in [3.8, 4) is 23.0 Å². The van der Waals surface area contributed by atoms with Gasteiger partial charge >= 0.3 is 0 Å². The normalized spacial score (nSPS) is 13.5. The molecule has 0 unspecified atom stereocenters. The molecule has 1 amide bonds. The van der Waals surface area contributed by atoms with Crippen LogP contribution in [0.4, 0.5) is 5.69 Å². The van der Waals surface area contributed by atoms with E-state index in [9.17, 15) is 4.79 Å². The van der Waals surface area contributed by atoms with Gasteiger partial charge in [-0.2, -0.15) is 0 Å². The lowest BCUT2D eigenvalue weighted by molar-refractivity contribution is -0.115. The lowest BCUT2D eigenvalue weighted by atomic mass is 10.0. The fourth-order valence-corrected chi connectivity index (χ4v) is 3.49. The topological polar surface area (TPSA) is 86.5 Å². The predicted octanol–water partition coefficient (Wildman–Crippen LogP) is 4.71. The molecule has 7 nitrogen and oxygen atoms in total. The van der Waals surface area contributed by atoms with Crippen molar-refractivity contribution in [3.05, 3.63) is 48.0 Å². The Morgan fingerprint density at radius 3 is 2.55 bits per heavy atom. The van der Waals surface area contributed by atoms with Crippen molar-refractivity contribution in [3.63, 3.8) is 0 Å². The third kappa shape index (κ3) is 4.37. The number of hydrogen-bond donors (Lipinski definition) is 1. The van der Waals surface area contributed by atoms with E-state index in [-0.39, 0.29) is 12.7 Å². The number of fused-ring (bicyclic) bond motifs is 1. The SMILES string of the molecule is CC(C)c1ccc(NC(=O)[C@H](C)Sc2nnc(-c3ccc4c(c3)OCO4)o2)cc1. The average molecular weight is 411 g/mol. The number of aromatic nitrogens is 2. The van der Waals surface area contributed by atoms with Crippen molar-refractivity contribution >= 4 is 23.4 Å². The number of hydrogen-bond acceptors (Lipinski definition) is 7. The Balaban J connectivity index is 1.38. The number of nitrogens with zero attached hydrogens (tertiary/aromatic N) is 2. The summed E-state index contributed by atoms with van der Waals surface area (Å²) in [5.74, 6) is 2.02. The van der Waals surface area contributed by atoms with Crippen LogP contribution in [0.3, 0.4) is 0 Å². The molecule has 1 atom stereocenters. The lowest BCUT2D eigenvalue weighted by Gasteiger charge is -2.11. The van der Waals surface area contributed by atoms with Crippen LogP contribution in [0.15, 0.2) is 52.1 Å². The number of rotatable bonds is 6. The number of thioether (sulfide) groups is 1. The highest BCUT2D eigenvalue weighted by Crippen LogP contribution is 2.36. The Morgan fingerprint density at radius 2 is 1.79 bits per heavy atom. The summed E-state index contributed by atoms with van der Waals surface area (Å²) in [4.78, 5) is 12.5. The number of nitrogens with one attached hydrogen (secondary N) is 1. The van der Waals surface area contributed by atoms with Crippen LogP contribution < -0.4 is 14.8 Å². The summed E-state index contributed by atoms with van der Waals surface area (Å²) in [5.41, 5.74) is 2.72. The molecule has 4 rings (SSSR count). The third-order valence-corrected chi connectivity index (χ3v) is 5.45. The van der Waals surface area contributed by atoms with Gasteiger partial charge in [0.05, 0.1) is 5.25 Å². The zero-order valence-electron chi connectivity index (χ0n) is 16.3. The average Bonchev–Trinajstić information content (AvgIpc) is 3.37. The smallest absolute Gasteiger partial charge is 0.277 e. The van der Waals surface area contributed by atoms with Gasteiger partial charge in [0.1, 0.15) is 0 Å². The molecule has 1 aliphatic heterocycles. The molecule has 0 fully saturated rings. The number of carbonyl (C=O) groups excluding carboxylic acids is 1. The quantitative estimate of drug-likeness (QED) is 0.588. The van der Waals surface area contributed by atoms with E-state index in [4.69, 9.17) is 13.9 Å². The number of ether oxygens (including phenoxy) is 2. The molecular weight excluding hydrogens is 390 g/mol. The van der Waals surface area contributed by atoms with E-state index in [2.05, 4.69) is 29.4 Å². The van der Waals surface area contributed by atoms with Gasteiger partial charge in [-0.15, -0.1) is 10.2 Å². The van der Waals surface area contributed by atoms with E-state index in [0.29, 0.717) is 28.5 Å². The maximum atomic E-state index is 12.5. The van der Waals surface area contributed by atoms with Gasteiger partial charge in [0, 0.05) is 11.3 Å². The van der Waals surface area contributed by atoms with Crippen LogP contribution in [0.1, 0.15) is 32.3 Å². The van der Waals surface area contributed by atoms with E-state index < -0.39 is 5.25 Å². The van der Waals surface area contributed by atoms with E-state index in [0.717, 1.165) is 11.3 Å². The summed E-state index contributed by atoms with van der Waals surface area (Å²) in [5, 5.41) is 11.0. The molecule has 2 aromatic carbocycles. The van der Waals surface area contributed by atoms with Gasteiger partial charge in [-0.05, 0) is 48.7 Å². The zero-order valence-corrected chi connectivity index (χ0v) is 17.2.